The second-order valence-electron chi connectivity index (χ2n) is 2.63. The van der Waals surface area contributed by atoms with Gasteiger partial charge in [0.2, 0.25) is 0 Å². The number of aromatic nitrogens is 2. The number of nitrogen functional groups attached to an aromatic ring is 1. The van der Waals surface area contributed by atoms with Crippen molar-refractivity contribution in [2.24, 2.45) is 5.73 Å². The summed E-state index contributed by atoms with van der Waals surface area (Å²) in [6.45, 7) is 4.53. The third-order valence-corrected chi connectivity index (χ3v) is 1.47. The van der Waals surface area contributed by atoms with Crippen molar-refractivity contribution in [2.45, 2.75) is 13.8 Å². The molecule has 0 aliphatic carbocycles. The molecule has 0 spiro atoms. The average molecular weight is 179 g/mol. The summed E-state index contributed by atoms with van der Waals surface area (Å²) in [5.74, 6) is 1.29. The summed E-state index contributed by atoms with van der Waals surface area (Å²) in [5, 5.41) is 10.3. The molecule has 4 N–H and O–H groups in total. The van der Waals surface area contributed by atoms with Gasteiger partial charge in [0.25, 0.3) is 0 Å². The maximum atomic E-state index is 7.22. The number of nitrogens with zero attached hydrogens (tertiary/aromatic N) is 2. The van der Waals surface area contributed by atoms with Gasteiger partial charge < -0.3 is 11.1 Å². The second kappa shape index (κ2) is 3.84. The van der Waals surface area contributed by atoms with Gasteiger partial charge in [-0.05, 0) is 13.8 Å². The Morgan fingerprint density at radius 1 is 1.62 bits per heavy atom. The number of aryl methyl sites for hydroxylation is 1. The van der Waals surface area contributed by atoms with Crippen LogP contribution in [-0.4, -0.2) is 22.3 Å². The van der Waals surface area contributed by atoms with E-state index in [0.29, 0.717) is 17.3 Å². The van der Waals surface area contributed by atoms with Crippen molar-refractivity contribution in [1.29, 1.82) is 5.41 Å². The lowest BCUT2D eigenvalue weighted by atomic mass is 10.3. The number of amidine groups is 1. The molecule has 0 aromatic carbocycles. The maximum Gasteiger partial charge on any atom is 0.142 e. The van der Waals surface area contributed by atoms with Crippen LogP contribution in [0, 0.1) is 12.3 Å². The lowest BCUT2D eigenvalue weighted by Gasteiger charge is -2.05. The fourth-order valence-electron chi connectivity index (χ4n) is 0.977. The SMILES string of the molecule is CCNc1cc(C(=N)N)nc(C)n1. The average Bonchev–Trinajstić information content (AvgIpc) is 2.03. The van der Waals surface area contributed by atoms with E-state index >= 15 is 0 Å². The summed E-state index contributed by atoms with van der Waals surface area (Å²) >= 11 is 0. The molecule has 1 aromatic heterocycles. The first-order valence-electron chi connectivity index (χ1n) is 4.07. The molecule has 5 nitrogen and oxygen atoms in total. The molecule has 0 saturated heterocycles. The molecule has 0 atom stereocenters. The first-order chi connectivity index (χ1) is 6.13. The number of nitrogens with two attached hydrogens (primary N) is 1. The third-order valence-electron chi connectivity index (χ3n) is 1.47. The van der Waals surface area contributed by atoms with Gasteiger partial charge in [-0.15, -0.1) is 0 Å². The van der Waals surface area contributed by atoms with Gasteiger partial charge in [0.15, 0.2) is 0 Å². The highest BCUT2D eigenvalue weighted by Gasteiger charge is 2.02. The van der Waals surface area contributed by atoms with Crippen molar-refractivity contribution in [3.63, 3.8) is 0 Å². The van der Waals surface area contributed by atoms with E-state index in [1.165, 1.54) is 0 Å². The minimum absolute atomic E-state index is 0.0374. The summed E-state index contributed by atoms with van der Waals surface area (Å²) < 4.78 is 0. The number of hydrogen-bond acceptors (Lipinski definition) is 4. The van der Waals surface area contributed by atoms with E-state index in [9.17, 15) is 0 Å². The zero-order chi connectivity index (χ0) is 9.84. The predicted octanol–water partition coefficient (Wildman–Crippen LogP) is 0.501. The van der Waals surface area contributed by atoms with Crippen molar-refractivity contribution in [3.8, 4) is 0 Å². The highest BCUT2D eigenvalue weighted by atomic mass is 15.0. The van der Waals surface area contributed by atoms with Gasteiger partial charge in [-0.3, -0.25) is 5.41 Å². The minimum atomic E-state index is -0.0374. The van der Waals surface area contributed by atoms with Gasteiger partial charge in [0.05, 0.1) is 0 Å². The summed E-state index contributed by atoms with van der Waals surface area (Å²) in [7, 11) is 0. The fraction of sp³-hybridized carbons (Fsp3) is 0.375. The van der Waals surface area contributed by atoms with Crippen LogP contribution in [-0.2, 0) is 0 Å². The van der Waals surface area contributed by atoms with Gasteiger partial charge in [-0.2, -0.15) is 0 Å². The number of hydrogen-bond donors (Lipinski definition) is 3. The zero-order valence-electron chi connectivity index (χ0n) is 7.76. The van der Waals surface area contributed by atoms with E-state index in [1.54, 1.807) is 13.0 Å². The Hall–Kier alpha value is -1.65. The molecule has 13 heavy (non-hydrogen) atoms. The Balaban J connectivity index is 3.03. The summed E-state index contributed by atoms with van der Waals surface area (Å²) in [6.07, 6.45) is 0. The Kier molecular flexibility index (Phi) is 2.79. The van der Waals surface area contributed by atoms with Gasteiger partial charge in [-0.25, -0.2) is 9.97 Å². The molecule has 0 bridgehead atoms. The van der Waals surface area contributed by atoms with Crippen molar-refractivity contribution < 1.29 is 0 Å². The standard InChI is InChI=1S/C8H13N5/c1-3-11-7-4-6(8(9)10)12-5(2)13-7/h4H,3H2,1-2H3,(H3,9,10)(H,11,12,13). The summed E-state index contributed by atoms with van der Waals surface area (Å²) in [6, 6.07) is 1.67. The van der Waals surface area contributed by atoms with Crippen LogP contribution < -0.4 is 11.1 Å². The summed E-state index contributed by atoms with van der Waals surface area (Å²) in [4.78, 5) is 8.15. The van der Waals surface area contributed by atoms with Crippen LogP contribution in [0.1, 0.15) is 18.4 Å². The Labute approximate surface area is 76.9 Å². The lowest BCUT2D eigenvalue weighted by Crippen LogP contribution is -2.15. The molecule has 1 aromatic rings. The van der Waals surface area contributed by atoms with Crippen LogP contribution in [0.3, 0.4) is 0 Å². The molecule has 0 unspecified atom stereocenters. The minimum Gasteiger partial charge on any atom is -0.382 e. The van der Waals surface area contributed by atoms with Crippen LogP contribution in [0.4, 0.5) is 5.82 Å². The highest BCUT2D eigenvalue weighted by molar-refractivity contribution is 5.93. The van der Waals surface area contributed by atoms with Crippen molar-refractivity contribution in [2.75, 3.05) is 11.9 Å². The van der Waals surface area contributed by atoms with E-state index in [1.807, 2.05) is 6.92 Å². The molecule has 0 saturated carbocycles. The topological polar surface area (TPSA) is 87.7 Å². The quantitative estimate of drug-likeness (QED) is 0.465. The molecule has 0 aliphatic rings. The molecular formula is C8H13N5. The smallest absolute Gasteiger partial charge is 0.142 e. The fourth-order valence-corrected chi connectivity index (χ4v) is 0.977. The first kappa shape index (κ1) is 9.44. The zero-order valence-corrected chi connectivity index (χ0v) is 7.76. The second-order valence-corrected chi connectivity index (χ2v) is 2.63. The van der Waals surface area contributed by atoms with Gasteiger partial charge in [0.1, 0.15) is 23.2 Å². The van der Waals surface area contributed by atoms with Crippen molar-refractivity contribution in [3.05, 3.63) is 17.6 Å². The molecule has 0 fully saturated rings. The van der Waals surface area contributed by atoms with E-state index in [2.05, 4.69) is 15.3 Å². The highest BCUT2D eigenvalue weighted by Crippen LogP contribution is 2.05. The molecule has 0 aliphatic heterocycles. The van der Waals surface area contributed by atoms with Crippen LogP contribution in [0.25, 0.3) is 0 Å². The van der Waals surface area contributed by atoms with Crippen LogP contribution in [0.2, 0.25) is 0 Å². The monoisotopic (exact) mass is 179 g/mol. The van der Waals surface area contributed by atoms with Gasteiger partial charge in [0, 0.05) is 12.6 Å². The molecule has 70 valence electrons. The van der Waals surface area contributed by atoms with Crippen molar-refractivity contribution in [1.82, 2.24) is 9.97 Å². The predicted molar refractivity (Wildman–Crippen MR) is 51.9 cm³/mol. The third kappa shape index (κ3) is 2.40. The van der Waals surface area contributed by atoms with E-state index in [-0.39, 0.29) is 5.84 Å². The summed E-state index contributed by atoms with van der Waals surface area (Å²) in [5.41, 5.74) is 5.77. The number of anilines is 1. The molecule has 1 heterocycles. The number of rotatable bonds is 3. The van der Waals surface area contributed by atoms with Gasteiger partial charge >= 0.3 is 0 Å². The van der Waals surface area contributed by atoms with E-state index < -0.39 is 0 Å². The molecule has 5 heteroatoms. The van der Waals surface area contributed by atoms with Crippen LogP contribution >= 0.6 is 0 Å². The van der Waals surface area contributed by atoms with Crippen molar-refractivity contribution >= 4 is 11.7 Å². The molecule has 0 amide bonds. The largest absolute Gasteiger partial charge is 0.382 e. The van der Waals surface area contributed by atoms with Crippen LogP contribution in [0.15, 0.2) is 6.07 Å². The molecule has 0 radical (unpaired) electrons. The van der Waals surface area contributed by atoms with E-state index in [0.717, 1.165) is 6.54 Å². The lowest BCUT2D eigenvalue weighted by molar-refractivity contribution is 1.02. The van der Waals surface area contributed by atoms with E-state index in [4.69, 9.17) is 11.1 Å². The van der Waals surface area contributed by atoms with Crippen LogP contribution in [0.5, 0.6) is 0 Å². The molecular weight excluding hydrogens is 166 g/mol. The Morgan fingerprint density at radius 3 is 2.85 bits per heavy atom. The van der Waals surface area contributed by atoms with Gasteiger partial charge in [-0.1, -0.05) is 0 Å². The normalized spacial score (nSPS) is 9.69. The maximum absolute atomic E-state index is 7.22. The number of nitrogens with one attached hydrogen (secondary N) is 2. The first-order valence-corrected chi connectivity index (χ1v) is 4.07. The Bertz CT molecular complexity index is 320. The Morgan fingerprint density at radius 2 is 2.31 bits per heavy atom. The molecule has 1 rings (SSSR count).